The Morgan fingerprint density at radius 2 is 1.78 bits per heavy atom. The van der Waals surface area contributed by atoms with E-state index in [-0.39, 0.29) is 18.0 Å². The largest absolute Gasteiger partial charge is 0.493 e. The van der Waals surface area contributed by atoms with Crippen LogP contribution in [0.4, 0.5) is 0 Å². The topological polar surface area (TPSA) is 112 Å². The highest BCUT2D eigenvalue weighted by atomic mass is 16.5. The molecule has 0 radical (unpaired) electrons. The van der Waals surface area contributed by atoms with E-state index in [1.165, 1.54) is 4.57 Å². The van der Waals surface area contributed by atoms with Gasteiger partial charge in [-0.25, -0.2) is 4.79 Å². The number of rotatable bonds is 8. The molecule has 1 N–H and O–H groups in total. The van der Waals surface area contributed by atoms with Gasteiger partial charge in [-0.05, 0) is 55.3 Å². The van der Waals surface area contributed by atoms with Gasteiger partial charge < -0.3 is 19.0 Å². The Labute approximate surface area is 205 Å². The second-order valence-electron chi connectivity index (χ2n) is 8.10. The molecule has 182 valence electrons. The summed E-state index contributed by atoms with van der Waals surface area (Å²) in [5, 5.41) is 4.48. The van der Waals surface area contributed by atoms with Crippen molar-refractivity contribution < 1.29 is 14.0 Å². The maximum atomic E-state index is 13.0. The number of aromatic nitrogens is 4. The number of methoxy groups -OCH3 is 1. The van der Waals surface area contributed by atoms with Gasteiger partial charge in [0.15, 0.2) is 11.5 Å². The third-order valence-corrected chi connectivity index (χ3v) is 5.84. The minimum absolute atomic E-state index is 0.258. The van der Waals surface area contributed by atoms with E-state index in [4.69, 9.17) is 14.0 Å². The van der Waals surface area contributed by atoms with Crippen molar-refractivity contribution in [1.29, 1.82) is 0 Å². The van der Waals surface area contributed by atoms with E-state index in [9.17, 15) is 9.59 Å². The van der Waals surface area contributed by atoms with Crippen molar-refractivity contribution in [3.05, 3.63) is 93.1 Å². The van der Waals surface area contributed by atoms with Crippen LogP contribution in [0.3, 0.4) is 0 Å². The van der Waals surface area contributed by atoms with E-state index < -0.39 is 5.69 Å². The van der Waals surface area contributed by atoms with Gasteiger partial charge in [-0.15, -0.1) is 0 Å². The molecule has 0 aliphatic rings. The van der Waals surface area contributed by atoms with Crippen LogP contribution in [0.15, 0.2) is 80.8 Å². The van der Waals surface area contributed by atoms with Crippen molar-refractivity contribution in [3.8, 4) is 34.3 Å². The van der Waals surface area contributed by atoms with Gasteiger partial charge in [0.05, 0.1) is 24.6 Å². The van der Waals surface area contributed by atoms with Gasteiger partial charge in [0, 0.05) is 17.7 Å². The Morgan fingerprint density at radius 1 is 0.972 bits per heavy atom. The van der Waals surface area contributed by atoms with Crippen LogP contribution in [0.2, 0.25) is 0 Å². The number of hydrogen-bond acceptors (Lipinski definition) is 7. The summed E-state index contributed by atoms with van der Waals surface area (Å²) in [6, 6.07) is 20.1. The van der Waals surface area contributed by atoms with Gasteiger partial charge >= 0.3 is 5.69 Å². The van der Waals surface area contributed by atoms with E-state index in [1.54, 1.807) is 37.4 Å². The molecule has 0 fully saturated rings. The Balaban J connectivity index is 1.44. The second kappa shape index (κ2) is 9.91. The fourth-order valence-corrected chi connectivity index (χ4v) is 4.02. The maximum absolute atomic E-state index is 13.0. The summed E-state index contributed by atoms with van der Waals surface area (Å²) in [5.74, 6) is 1.82. The normalized spacial score (nSPS) is 11.1. The smallest absolute Gasteiger partial charge is 0.328 e. The Bertz CT molecular complexity index is 1640. The summed E-state index contributed by atoms with van der Waals surface area (Å²) >= 11 is 0. The van der Waals surface area contributed by atoms with Gasteiger partial charge in [0.1, 0.15) is 0 Å². The summed E-state index contributed by atoms with van der Waals surface area (Å²) in [6.45, 7) is 2.70. The molecule has 2 heterocycles. The van der Waals surface area contributed by atoms with Crippen molar-refractivity contribution in [2.45, 2.75) is 19.9 Å². The molecule has 0 saturated heterocycles. The van der Waals surface area contributed by atoms with Crippen LogP contribution in [-0.4, -0.2) is 33.4 Å². The zero-order valence-corrected chi connectivity index (χ0v) is 19.9. The summed E-state index contributed by atoms with van der Waals surface area (Å²) in [4.78, 5) is 33.0. The van der Waals surface area contributed by atoms with Gasteiger partial charge in [-0.3, -0.25) is 9.36 Å². The van der Waals surface area contributed by atoms with E-state index in [0.29, 0.717) is 52.4 Å². The van der Waals surface area contributed by atoms with Crippen molar-refractivity contribution in [2.24, 2.45) is 0 Å². The molecule has 5 rings (SSSR count). The predicted octanol–water partition coefficient (Wildman–Crippen LogP) is 4.06. The molecule has 5 aromatic rings. The number of ether oxygens (including phenoxy) is 2. The number of fused-ring (bicyclic) bond motifs is 1. The molecule has 0 atom stereocenters. The highest BCUT2D eigenvalue weighted by molar-refractivity contribution is 5.82. The zero-order chi connectivity index (χ0) is 25.1. The lowest BCUT2D eigenvalue weighted by molar-refractivity contribution is 0.311. The Hall–Kier alpha value is -4.66. The predicted molar refractivity (Wildman–Crippen MR) is 135 cm³/mol. The van der Waals surface area contributed by atoms with Crippen LogP contribution in [0.5, 0.6) is 11.5 Å². The van der Waals surface area contributed by atoms with Crippen LogP contribution in [-0.2, 0) is 13.0 Å². The van der Waals surface area contributed by atoms with Crippen molar-refractivity contribution in [2.75, 3.05) is 13.7 Å². The highest BCUT2D eigenvalue weighted by Crippen LogP contribution is 2.32. The fourth-order valence-electron chi connectivity index (χ4n) is 4.02. The first-order valence-corrected chi connectivity index (χ1v) is 11.5. The SMILES string of the molecule is CCOc1ccc(-c2noc(-c3ccc4c(=O)n(CCc5ccccc5)c(=O)[nH]c4c3)n2)cc1OC. The quantitative estimate of drug-likeness (QED) is 0.353. The Kier molecular flexibility index (Phi) is 6.36. The number of nitrogens with zero attached hydrogens (tertiary/aromatic N) is 3. The average Bonchev–Trinajstić information content (AvgIpc) is 3.40. The highest BCUT2D eigenvalue weighted by Gasteiger charge is 2.15. The number of H-pyrrole nitrogens is 1. The molecule has 0 bridgehead atoms. The first kappa shape index (κ1) is 23.1. The molecular weight excluding hydrogens is 460 g/mol. The van der Waals surface area contributed by atoms with Crippen LogP contribution in [0.25, 0.3) is 33.7 Å². The molecule has 9 nitrogen and oxygen atoms in total. The molecule has 2 aromatic heterocycles. The molecular formula is C27H24N4O5. The lowest BCUT2D eigenvalue weighted by atomic mass is 10.1. The van der Waals surface area contributed by atoms with E-state index >= 15 is 0 Å². The lowest BCUT2D eigenvalue weighted by Gasteiger charge is -2.09. The number of hydrogen-bond donors (Lipinski definition) is 1. The Morgan fingerprint density at radius 3 is 2.56 bits per heavy atom. The van der Waals surface area contributed by atoms with E-state index in [2.05, 4.69) is 15.1 Å². The monoisotopic (exact) mass is 484 g/mol. The molecule has 0 aliphatic carbocycles. The van der Waals surface area contributed by atoms with Crippen LogP contribution < -0.4 is 20.7 Å². The molecule has 9 heteroatoms. The van der Waals surface area contributed by atoms with Gasteiger partial charge in [0.25, 0.3) is 11.4 Å². The summed E-state index contributed by atoms with van der Waals surface area (Å²) in [5.41, 5.74) is 1.92. The summed E-state index contributed by atoms with van der Waals surface area (Å²) in [7, 11) is 1.56. The van der Waals surface area contributed by atoms with E-state index in [0.717, 1.165) is 5.56 Å². The van der Waals surface area contributed by atoms with E-state index in [1.807, 2.05) is 43.3 Å². The van der Waals surface area contributed by atoms with Crippen LogP contribution in [0, 0.1) is 0 Å². The molecule has 0 spiro atoms. The van der Waals surface area contributed by atoms with Crippen LogP contribution >= 0.6 is 0 Å². The molecule has 0 amide bonds. The third kappa shape index (κ3) is 4.50. The van der Waals surface area contributed by atoms with Crippen molar-refractivity contribution in [3.63, 3.8) is 0 Å². The minimum atomic E-state index is -0.465. The van der Waals surface area contributed by atoms with Gasteiger partial charge in [-0.1, -0.05) is 35.5 Å². The average molecular weight is 485 g/mol. The summed E-state index contributed by atoms with van der Waals surface area (Å²) < 4.78 is 17.6. The zero-order valence-electron chi connectivity index (χ0n) is 19.9. The number of aryl methyl sites for hydroxylation is 1. The molecule has 0 unspecified atom stereocenters. The fraction of sp³-hybridized carbons (Fsp3) is 0.185. The third-order valence-electron chi connectivity index (χ3n) is 5.84. The van der Waals surface area contributed by atoms with Crippen molar-refractivity contribution in [1.82, 2.24) is 19.7 Å². The van der Waals surface area contributed by atoms with Crippen molar-refractivity contribution >= 4 is 10.9 Å². The number of aromatic amines is 1. The lowest BCUT2D eigenvalue weighted by Crippen LogP contribution is -2.35. The number of benzene rings is 3. The second-order valence-corrected chi connectivity index (χ2v) is 8.10. The number of nitrogens with one attached hydrogen (secondary N) is 1. The van der Waals surface area contributed by atoms with Crippen LogP contribution in [0.1, 0.15) is 12.5 Å². The molecule has 0 saturated carbocycles. The molecule has 0 aliphatic heterocycles. The van der Waals surface area contributed by atoms with Gasteiger partial charge in [0.2, 0.25) is 5.82 Å². The first-order valence-electron chi connectivity index (χ1n) is 11.5. The minimum Gasteiger partial charge on any atom is -0.493 e. The summed E-state index contributed by atoms with van der Waals surface area (Å²) in [6.07, 6.45) is 0.578. The maximum Gasteiger partial charge on any atom is 0.328 e. The molecule has 36 heavy (non-hydrogen) atoms. The molecule has 3 aromatic carbocycles. The first-order chi connectivity index (χ1) is 17.6. The standard InChI is InChI=1S/C27H24N4O5/c1-3-35-22-12-10-18(16-23(22)34-2)24-29-25(36-30-24)19-9-11-20-21(15-19)28-27(33)31(26(20)32)14-13-17-7-5-4-6-8-17/h4-12,15-16H,3,13-14H2,1-2H3,(H,28,33). The van der Waals surface area contributed by atoms with Gasteiger partial charge in [-0.2, -0.15) is 4.98 Å².